The molecule has 1 N–H and O–H groups in total. The number of nitrogens with zero attached hydrogens (tertiary/aromatic N) is 1. The summed E-state index contributed by atoms with van der Waals surface area (Å²) >= 11 is 1.44. The van der Waals surface area contributed by atoms with E-state index in [0.717, 1.165) is 18.7 Å². The molecule has 1 aliphatic carbocycles. The first-order valence-electron chi connectivity index (χ1n) is 5.83. The molecule has 1 saturated carbocycles. The zero-order chi connectivity index (χ0) is 12.5. The second kappa shape index (κ2) is 5.04. The number of thiazole rings is 1. The van der Waals surface area contributed by atoms with Crippen LogP contribution >= 0.6 is 11.3 Å². The van der Waals surface area contributed by atoms with Crippen molar-refractivity contribution in [1.29, 1.82) is 0 Å². The number of sulfone groups is 1. The fourth-order valence-electron chi connectivity index (χ4n) is 1.50. The first kappa shape index (κ1) is 13.0. The van der Waals surface area contributed by atoms with Crippen molar-refractivity contribution in [3.8, 4) is 0 Å². The summed E-state index contributed by atoms with van der Waals surface area (Å²) < 4.78 is 22.8. The average molecular weight is 274 g/mol. The Kier molecular flexibility index (Phi) is 3.85. The standard InChI is InChI=1S/C11H18N2O2S2/c1-8(17(2,14)15)11-13-10(7-16-11)5-6-12-9-3-4-9/h7-9,12H,3-6H2,1-2H3. The molecule has 0 aliphatic heterocycles. The van der Waals surface area contributed by atoms with E-state index >= 15 is 0 Å². The summed E-state index contributed by atoms with van der Waals surface area (Å²) in [6.45, 7) is 2.63. The summed E-state index contributed by atoms with van der Waals surface area (Å²) in [7, 11) is -3.03. The van der Waals surface area contributed by atoms with E-state index in [1.165, 1.54) is 30.4 Å². The molecule has 96 valence electrons. The highest BCUT2D eigenvalue weighted by molar-refractivity contribution is 7.91. The molecular formula is C11H18N2O2S2. The lowest BCUT2D eigenvalue weighted by molar-refractivity contribution is 0.592. The number of rotatable bonds is 6. The molecule has 0 aromatic carbocycles. The van der Waals surface area contributed by atoms with E-state index in [1.54, 1.807) is 6.92 Å². The third-order valence-electron chi connectivity index (χ3n) is 2.95. The molecule has 17 heavy (non-hydrogen) atoms. The van der Waals surface area contributed by atoms with Gasteiger partial charge in [0.05, 0.1) is 5.69 Å². The van der Waals surface area contributed by atoms with Crippen LogP contribution in [0.25, 0.3) is 0 Å². The van der Waals surface area contributed by atoms with Gasteiger partial charge in [-0.1, -0.05) is 0 Å². The second-order valence-electron chi connectivity index (χ2n) is 4.63. The van der Waals surface area contributed by atoms with E-state index in [2.05, 4.69) is 10.3 Å². The van der Waals surface area contributed by atoms with Crippen molar-refractivity contribution in [3.63, 3.8) is 0 Å². The maximum atomic E-state index is 11.4. The molecule has 1 aromatic rings. The number of aromatic nitrogens is 1. The normalized spacial score (nSPS) is 18.2. The SMILES string of the molecule is CC(c1nc(CCNC2CC2)cs1)S(C)(=O)=O. The van der Waals surface area contributed by atoms with Crippen molar-refractivity contribution < 1.29 is 8.42 Å². The molecule has 1 heterocycles. The minimum Gasteiger partial charge on any atom is -0.314 e. The Morgan fingerprint density at radius 2 is 2.29 bits per heavy atom. The van der Waals surface area contributed by atoms with Gasteiger partial charge in [-0.3, -0.25) is 0 Å². The van der Waals surface area contributed by atoms with Gasteiger partial charge in [0.2, 0.25) is 0 Å². The Bertz CT molecular complexity index is 477. The molecule has 2 rings (SSSR count). The fourth-order valence-corrected chi connectivity index (χ4v) is 3.40. The molecule has 0 saturated heterocycles. The largest absolute Gasteiger partial charge is 0.314 e. The number of nitrogens with one attached hydrogen (secondary N) is 1. The summed E-state index contributed by atoms with van der Waals surface area (Å²) in [5, 5.41) is 5.60. The van der Waals surface area contributed by atoms with Crippen LogP contribution in [0.4, 0.5) is 0 Å². The molecule has 0 amide bonds. The topological polar surface area (TPSA) is 59.1 Å². The van der Waals surface area contributed by atoms with Crippen LogP contribution in [-0.2, 0) is 16.3 Å². The van der Waals surface area contributed by atoms with E-state index in [9.17, 15) is 8.42 Å². The fraction of sp³-hybridized carbons (Fsp3) is 0.727. The van der Waals surface area contributed by atoms with E-state index in [0.29, 0.717) is 11.0 Å². The number of hydrogen-bond donors (Lipinski definition) is 1. The van der Waals surface area contributed by atoms with Gasteiger partial charge in [-0.25, -0.2) is 13.4 Å². The van der Waals surface area contributed by atoms with E-state index in [-0.39, 0.29) is 0 Å². The van der Waals surface area contributed by atoms with Crippen LogP contribution in [0.3, 0.4) is 0 Å². The van der Waals surface area contributed by atoms with Crippen LogP contribution in [0.5, 0.6) is 0 Å². The molecule has 1 fully saturated rings. The lowest BCUT2D eigenvalue weighted by Crippen LogP contribution is -2.19. The molecule has 1 unspecified atom stereocenters. The quantitative estimate of drug-likeness (QED) is 0.855. The van der Waals surface area contributed by atoms with Crippen LogP contribution < -0.4 is 5.32 Å². The van der Waals surface area contributed by atoms with Gasteiger partial charge in [0.15, 0.2) is 9.84 Å². The first-order valence-corrected chi connectivity index (χ1v) is 8.67. The Morgan fingerprint density at radius 3 is 2.88 bits per heavy atom. The van der Waals surface area contributed by atoms with Crippen LogP contribution in [0.1, 0.15) is 35.7 Å². The molecule has 0 radical (unpaired) electrons. The van der Waals surface area contributed by atoms with Crippen molar-refractivity contribution in [1.82, 2.24) is 10.3 Å². The first-order chi connectivity index (χ1) is 7.97. The van der Waals surface area contributed by atoms with Gasteiger partial charge in [0.25, 0.3) is 0 Å². The summed E-state index contributed by atoms with van der Waals surface area (Å²) in [6, 6.07) is 0.711. The Morgan fingerprint density at radius 1 is 1.59 bits per heavy atom. The van der Waals surface area contributed by atoms with Gasteiger partial charge >= 0.3 is 0 Å². The van der Waals surface area contributed by atoms with E-state index < -0.39 is 15.1 Å². The van der Waals surface area contributed by atoms with E-state index in [1.807, 2.05) is 5.38 Å². The molecule has 0 spiro atoms. The van der Waals surface area contributed by atoms with Crippen molar-refractivity contribution in [2.24, 2.45) is 0 Å². The van der Waals surface area contributed by atoms with Gasteiger partial charge in [0, 0.05) is 30.6 Å². The average Bonchev–Trinajstić information content (AvgIpc) is 2.93. The third kappa shape index (κ3) is 3.76. The molecule has 6 heteroatoms. The maximum Gasteiger partial charge on any atom is 0.156 e. The van der Waals surface area contributed by atoms with Crippen LogP contribution in [0.2, 0.25) is 0 Å². The van der Waals surface area contributed by atoms with Crippen LogP contribution in [0, 0.1) is 0 Å². The van der Waals surface area contributed by atoms with Gasteiger partial charge < -0.3 is 5.32 Å². The summed E-state index contributed by atoms with van der Waals surface area (Å²) in [6.07, 6.45) is 4.71. The third-order valence-corrected chi connectivity index (χ3v) is 5.68. The van der Waals surface area contributed by atoms with Crippen molar-refractivity contribution >= 4 is 21.2 Å². The van der Waals surface area contributed by atoms with Crippen molar-refractivity contribution in [2.45, 2.75) is 37.5 Å². The van der Waals surface area contributed by atoms with Crippen molar-refractivity contribution in [3.05, 3.63) is 16.1 Å². The zero-order valence-electron chi connectivity index (χ0n) is 10.1. The van der Waals surface area contributed by atoms with Gasteiger partial charge in [0.1, 0.15) is 10.3 Å². The zero-order valence-corrected chi connectivity index (χ0v) is 11.8. The Balaban J connectivity index is 1.90. The molecule has 1 aliphatic rings. The molecule has 0 bridgehead atoms. The predicted octanol–water partition coefficient (Wildman–Crippen LogP) is 1.54. The lowest BCUT2D eigenvalue weighted by atomic mass is 10.3. The van der Waals surface area contributed by atoms with Crippen LogP contribution in [-0.4, -0.2) is 32.2 Å². The Hall–Kier alpha value is -0.460. The molecule has 1 aromatic heterocycles. The molecular weight excluding hydrogens is 256 g/mol. The van der Waals surface area contributed by atoms with Crippen LogP contribution in [0.15, 0.2) is 5.38 Å². The minimum absolute atomic E-state index is 0.488. The highest BCUT2D eigenvalue weighted by Crippen LogP contribution is 2.24. The highest BCUT2D eigenvalue weighted by atomic mass is 32.2. The monoisotopic (exact) mass is 274 g/mol. The predicted molar refractivity (Wildman–Crippen MR) is 70.1 cm³/mol. The second-order valence-corrected chi connectivity index (χ2v) is 7.88. The summed E-state index contributed by atoms with van der Waals surface area (Å²) in [5.74, 6) is 0. The maximum absolute atomic E-state index is 11.4. The molecule has 4 nitrogen and oxygen atoms in total. The number of hydrogen-bond acceptors (Lipinski definition) is 5. The van der Waals surface area contributed by atoms with Gasteiger partial charge in [-0.2, -0.15) is 0 Å². The van der Waals surface area contributed by atoms with E-state index in [4.69, 9.17) is 0 Å². The summed E-state index contributed by atoms with van der Waals surface area (Å²) in [4.78, 5) is 4.39. The molecule has 1 atom stereocenters. The van der Waals surface area contributed by atoms with Gasteiger partial charge in [-0.15, -0.1) is 11.3 Å². The highest BCUT2D eigenvalue weighted by Gasteiger charge is 2.21. The summed E-state index contributed by atoms with van der Waals surface area (Å²) in [5.41, 5.74) is 0.994. The smallest absolute Gasteiger partial charge is 0.156 e. The van der Waals surface area contributed by atoms with Crippen molar-refractivity contribution in [2.75, 3.05) is 12.8 Å². The lowest BCUT2D eigenvalue weighted by Gasteiger charge is -2.04. The minimum atomic E-state index is -3.03. The Labute approximate surface area is 106 Å². The van der Waals surface area contributed by atoms with Gasteiger partial charge in [-0.05, 0) is 19.8 Å².